The molecule has 0 radical (unpaired) electrons. The van der Waals surface area contributed by atoms with Gasteiger partial charge in [0.2, 0.25) is 0 Å². The molecule has 4 unspecified atom stereocenters. The van der Waals surface area contributed by atoms with Gasteiger partial charge in [-0.05, 0) is 58.2 Å². The molecule has 2 rings (SSSR count). The lowest BCUT2D eigenvalue weighted by Gasteiger charge is -2.36. The van der Waals surface area contributed by atoms with Crippen LogP contribution in [0, 0.1) is 11.8 Å². The van der Waals surface area contributed by atoms with E-state index < -0.39 is 0 Å². The normalized spacial score (nSPS) is 38.5. The zero-order chi connectivity index (χ0) is 13.1. The molecular formula is C15H31N3. The van der Waals surface area contributed by atoms with Gasteiger partial charge in [0.05, 0.1) is 0 Å². The number of hydrogen-bond donors (Lipinski definition) is 1. The van der Waals surface area contributed by atoms with Crippen LogP contribution in [0.15, 0.2) is 0 Å². The molecule has 0 aromatic carbocycles. The van der Waals surface area contributed by atoms with Gasteiger partial charge in [0.25, 0.3) is 0 Å². The zero-order valence-electron chi connectivity index (χ0n) is 12.4. The van der Waals surface area contributed by atoms with Crippen LogP contribution in [0.2, 0.25) is 0 Å². The van der Waals surface area contributed by atoms with E-state index in [4.69, 9.17) is 5.73 Å². The highest BCUT2D eigenvalue weighted by Gasteiger charge is 2.31. The summed E-state index contributed by atoms with van der Waals surface area (Å²) < 4.78 is 0. The summed E-state index contributed by atoms with van der Waals surface area (Å²) in [6.45, 7) is 6.08. The highest BCUT2D eigenvalue weighted by Crippen LogP contribution is 2.31. The Morgan fingerprint density at radius 3 is 2.61 bits per heavy atom. The summed E-state index contributed by atoms with van der Waals surface area (Å²) in [7, 11) is 4.40. The molecule has 3 heteroatoms. The Bertz CT molecular complexity index is 254. The van der Waals surface area contributed by atoms with Crippen LogP contribution < -0.4 is 5.73 Å². The fourth-order valence-corrected chi connectivity index (χ4v) is 3.70. The van der Waals surface area contributed by atoms with E-state index in [2.05, 4.69) is 30.8 Å². The molecule has 2 N–H and O–H groups in total. The van der Waals surface area contributed by atoms with E-state index >= 15 is 0 Å². The standard InChI is InChI=1S/C15H31N3/c1-4-12-5-6-15(16)13(9-12)10-18-8-7-14(11-18)17(2)3/h12-15H,4-11,16H2,1-3H3. The van der Waals surface area contributed by atoms with Crippen molar-refractivity contribution in [2.24, 2.45) is 17.6 Å². The smallest absolute Gasteiger partial charge is 0.0229 e. The Labute approximate surface area is 113 Å². The lowest BCUT2D eigenvalue weighted by atomic mass is 9.77. The summed E-state index contributed by atoms with van der Waals surface area (Å²) >= 11 is 0. The SMILES string of the molecule is CCC1CCC(N)C(CN2CCC(N(C)C)C2)C1. The van der Waals surface area contributed by atoms with Crippen LogP contribution in [0.1, 0.15) is 39.0 Å². The molecule has 1 heterocycles. The third-order valence-corrected chi connectivity index (χ3v) is 5.20. The van der Waals surface area contributed by atoms with Crippen LogP contribution >= 0.6 is 0 Å². The van der Waals surface area contributed by atoms with Gasteiger partial charge < -0.3 is 15.5 Å². The first-order valence-corrected chi connectivity index (χ1v) is 7.74. The summed E-state index contributed by atoms with van der Waals surface area (Å²) in [5.41, 5.74) is 6.33. The van der Waals surface area contributed by atoms with Gasteiger partial charge >= 0.3 is 0 Å². The Balaban J connectivity index is 1.81. The summed E-state index contributed by atoms with van der Waals surface area (Å²) in [4.78, 5) is 5.02. The summed E-state index contributed by atoms with van der Waals surface area (Å²) in [6, 6.07) is 1.21. The summed E-state index contributed by atoms with van der Waals surface area (Å²) in [5.74, 6) is 1.67. The van der Waals surface area contributed by atoms with Crippen molar-refractivity contribution in [1.82, 2.24) is 9.80 Å². The van der Waals surface area contributed by atoms with E-state index in [0.717, 1.165) is 17.9 Å². The second-order valence-electron chi connectivity index (χ2n) is 6.68. The monoisotopic (exact) mass is 253 g/mol. The van der Waals surface area contributed by atoms with Gasteiger partial charge in [-0.3, -0.25) is 0 Å². The lowest BCUT2D eigenvalue weighted by Crippen LogP contribution is -2.43. The lowest BCUT2D eigenvalue weighted by molar-refractivity contribution is 0.164. The van der Waals surface area contributed by atoms with Gasteiger partial charge in [-0.1, -0.05) is 13.3 Å². The van der Waals surface area contributed by atoms with Crippen molar-refractivity contribution in [3.05, 3.63) is 0 Å². The van der Waals surface area contributed by atoms with E-state index in [0.29, 0.717) is 6.04 Å². The Hall–Kier alpha value is -0.120. The third-order valence-electron chi connectivity index (χ3n) is 5.20. The molecule has 1 saturated heterocycles. The largest absolute Gasteiger partial charge is 0.327 e. The average molecular weight is 253 g/mol. The first kappa shape index (κ1) is 14.3. The molecule has 3 nitrogen and oxygen atoms in total. The minimum absolute atomic E-state index is 0.450. The molecule has 0 amide bonds. The molecule has 1 saturated carbocycles. The molecule has 2 aliphatic rings. The van der Waals surface area contributed by atoms with Crippen LogP contribution in [0.5, 0.6) is 0 Å². The first-order chi connectivity index (χ1) is 8.60. The van der Waals surface area contributed by atoms with E-state index in [1.54, 1.807) is 0 Å². The topological polar surface area (TPSA) is 32.5 Å². The summed E-state index contributed by atoms with van der Waals surface area (Å²) in [5, 5.41) is 0. The van der Waals surface area contributed by atoms with Crippen LogP contribution in [0.25, 0.3) is 0 Å². The van der Waals surface area contributed by atoms with Crippen molar-refractivity contribution >= 4 is 0 Å². The van der Waals surface area contributed by atoms with Crippen LogP contribution in [0.4, 0.5) is 0 Å². The predicted molar refractivity (Wildman–Crippen MR) is 77.6 cm³/mol. The molecule has 1 aliphatic carbocycles. The Morgan fingerprint density at radius 2 is 2.00 bits per heavy atom. The second kappa shape index (κ2) is 6.36. The Kier molecular flexibility index (Phi) is 5.05. The van der Waals surface area contributed by atoms with E-state index in [9.17, 15) is 0 Å². The van der Waals surface area contributed by atoms with Gasteiger partial charge in [-0.15, -0.1) is 0 Å². The molecule has 1 aliphatic heterocycles. The number of nitrogens with zero attached hydrogens (tertiary/aromatic N) is 2. The molecule has 106 valence electrons. The molecule has 0 aromatic heterocycles. The Morgan fingerprint density at radius 1 is 1.22 bits per heavy atom. The van der Waals surface area contributed by atoms with Crippen LogP contribution in [-0.2, 0) is 0 Å². The van der Waals surface area contributed by atoms with Crippen molar-refractivity contribution in [1.29, 1.82) is 0 Å². The average Bonchev–Trinajstić information content (AvgIpc) is 2.81. The van der Waals surface area contributed by atoms with E-state index in [1.807, 2.05) is 0 Å². The maximum absolute atomic E-state index is 6.33. The number of hydrogen-bond acceptors (Lipinski definition) is 3. The van der Waals surface area contributed by atoms with Crippen molar-refractivity contribution in [2.45, 2.75) is 51.1 Å². The predicted octanol–water partition coefficient (Wildman–Crippen LogP) is 1.78. The fraction of sp³-hybridized carbons (Fsp3) is 1.00. The van der Waals surface area contributed by atoms with Crippen LogP contribution in [0.3, 0.4) is 0 Å². The molecule has 0 aromatic rings. The minimum Gasteiger partial charge on any atom is -0.327 e. The van der Waals surface area contributed by atoms with Gasteiger partial charge in [-0.2, -0.15) is 0 Å². The maximum Gasteiger partial charge on any atom is 0.0229 e. The van der Waals surface area contributed by atoms with Gasteiger partial charge in [0, 0.05) is 25.2 Å². The molecule has 0 bridgehead atoms. The van der Waals surface area contributed by atoms with Crippen LogP contribution in [-0.4, -0.2) is 55.6 Å². The quantitative estimate of drug-likeness (QED) is 0.829. The molecule has 18 heavy (non-hydrogen) atoms. The second-order valence-corrected chi connectivity index (χ2v) is 6.68. The van der Waals surface area contributed by atoms with Crippen molar-refractivity contribution in [2.75, 3.05) is 33.7 Å². The minimum atomic E-state index is 0.450. The van der Waals surface area contributed by atoms with Gasteiger partial charge in [-0.25, -0.2) is 0 Å². The molecule has 4 atom stereocenters. The number of likely N-dealkylation sites (tertiary alicyclic amines) is 1. The highest BCUT2D eigenvalue weighted by atomic mass is 15.2. The maximum atomic E-state index is 6.33. The summed E-state index contributed by atoms with van der Waals surface area (Å²) in [6.07, 6.45) is 6.62. The fourth-order valence-electron chi connectivity index (χ4n) is 3.70. The number of rotatable bonds is 4. The number of nitrogens with two attached hydrogens (primary N) is 1. The van der Waals surface area contributed by atoms with Crippen molar-refractivity contribution in [3.8, 4) is 0 Å². The van der Waals surface area contributed by atoms with E-state index in [-0.39, 0.29) is 0 Å². The van der Waals surface area contributed by atoms with Gasteiger partial charge in [0.15, 0.2) is 0 Å². The highest BCUT2D eigenvalue weighted by molar-refractivity contribution is 4.88. The molecule has 2 fully saturated rings. The zero-order valence-corrected chi connectivity index (χ0v) is 12.4. The number of likely N-dealkylation sites (N-methyl/N-ethyl adjacent to an activating group) is 1. The van der Waals surface area contributed by atoms with Gasteiger partial charge in [0.1, 0.15) is 0 Å². The first-order valence-electron chi connectivity index (χ1n) is 7.74. The van der Waals surface area contributed by atoms with Crippen molar-refractivity contribution < 1.29 is 0 Å². The molecular weight excluding hydrogens is 222 g/mol. The molecule has 0 spiro atoms. The third kappa shape index (κ3) is 3.46. The van der Waals surface area contributed by atoms with Crippen molar-refractivity contribution in [3.63, 3.8) is 0 Å². The van der Waals surface area contributed by atoms with E-state index in [1.165, 1.54) is 51.7 Å².